The number of non-ortho nitro benzene ring substituents is 1. The Hall–Kier alpha value is -5.72. The zero-order chi connectivity index (χ0) is 37.2. The van der Waals surface area contributed by atoms with Crippen molar-refractivity contribution in [1.29, 1.82) is 0 Å². The van der Waals surface area contributed by atoms with Crippen molar-refractivity contribution in [3.05, 3.63) is 165 Å². The number of aliphatic hydroxyl groups is 1. The molecule has 0 aliphatic carbocycles. The van der Waals surface area contributed by atoms with Gasteiger partial charge < -0.3 is 19.5 Å². The lowest BCUT2D eigenvalue weighted by Gasteiger charge is -2.41. The molecule has 1 N–H and O–H groups in total. The first kappa shape index (κ1) is 35.3. The number of piperazine rings is 1. The lowest BCUT2D eigenvalue weighted by molar-refractivity contribution is -0.384. The minimum atomic E-state index is -0.595. The molecule has 3 atom stereocenters. The van der Waals surface area contributed by atoms with Crippen LogP contribution in [0, 0.1) is 10.1 Å². The van der Waals surface area contributed by atoms with Gasteiger partial charge in [-0.1, -0.05) is 78.9 Å². The second-order valence-electron chi connectivity index (χ2n) is 14.0. The average Bonchev–Trinajstić information content (AvgIpc) is 3.46. The Morgan fingerprint density at radius 2 is 1.37 bits per heavy atom. The van der Waals surface area contributed by atoms with Crippen molar-refractivity contribution in [3.63, 3.8) is 0 Å². The summed E-state index contributed by atoms with van der Waals surface area (Å²) in [6.07, 6.45) is -0.228. The normalized spacial score (nSPS) is 20.3. The Morgan fingerprint density at radius 3 is 2.02 bits per heavy atom. The molecule has 8 rings (SSSR count). The fraction of sp³-hybridized carbons (Fsp3) is 0.256. The zero-order valence-electron chi connectivity index (χ0n) is 29.6. The van der Waals surface area contributed by atoms with Crippen LogP contribution in [0.5, 0.6) is 0 Å². The monoisotopic (exact) mass is 724 g/mol. The predicted octanol–water partition coefficient (Wildman–Crippen LogP) is 6.92. The largest absolute Gasteiger partial charge is 0.392 e. The summed E-state index contributed by atoms with van der Waals surface area (Å²) in [4.78, 5) is 42.6. The summed E-state index contributed by atoms with van der Waals surface area (Å²) in [7, 11) is 0. The van der Waals surface area contributed by atoms with Gasteiger partial charge in [0.25, 0.3) is 17.5 Å². The SMILES string of the molecule is O=C1c2ccccc2C(=O)N1Cc1cccc(-c2ccc([C@@H]3O[C@H](CN4CCN(c5ccc([N+](=O)[O-])cc5)CC4)C[C@H](c4ccc(CO)cc4)O3)cc2)c1. The smallest absolute Gasteiger partial charge is 0.269 e. The first-order valence-electron chi connectivity index (χ1n) is 18.2. The molecular formula is C43H40N4O7. The minimum Gasteiger partial charge on any atom is -0.392 e. The van der Waals surface area contributed by atoms with E-state index in [1.165, 1.54) is 4.90 Å². The number of hydrogen-bond donors (Lipinski definition) is 1. The molecule has 11 heteroatoms. The Kier molecular flexibility index (Phi) is 10.0. The highest BCUT2D eigenvalue weighted by Crippen LogP contribution is 2.39. The van der Waals surface area contributed by atoms with Crippen molar-refractivity contribution in [2.75, 3.05) is 37.6 Å². The van der Waals surface area contributed by atoms with E-state index in [4.69, 9.17) is 9.47 Å². The molecule has 0 radical (unpaired) electrons. The number of anilines is 1. The maximum Gasteiger partial charge on any atom is 0.269 e. The summed E-state index contributed by atoms with van der Waals surface area (Å²) in [5.74, 6) is -0.549. The van der Waals surface area contributed by atoms with Crippen molar-refractivity contribution < 1.29 is 29.1 Å². The number of carbonyl (C=O) groups excluding carboxylic acids is 2. The van der Waals surface area contributed by atoms with E-state index in [2.05, 4.69) is 9.80 Å². The van der Waals surface area contributed by atoms with E-state index in [0.29, 0.717) is 17.5 Å². The lowest BCUT2D eigenvalue weighted by Crippen LogP contribution is -2.49. The Balaban J connectivity index is 0.954. The van der Waals surface area contributed by atoms with Gasteiger partial charge in [-0.05, 0) is 58.1 Å². The second kappa shape index (κ2) is 15.3. The number of fused-ring (bicyclic) bond motifs is 1. The Morgan fingerprint density at radius 1 is 0.704 bits per heavy atom. The van der Waals surface area contributed by atoms with E-state index in [9.17, 15) is 24.8 Å². The van der Waals surface area contributed by atoms with Gasteiger partial charge in [0.05, 0.1) is 41.4 Å². The van der Waals surface area contributed by atoms with Gasteiger partial charge in [-0.15, -0.1) is 0 Å². The van der Waals surface area contributed by atoms with Crippen molar-refractivity contribution >= 4 is 23.2 Å². The Bertz CT molecular complexity index is 2110. The van der Waals surface area contributed by atoms with Gasteiger partial charge in [0.1, 0.15) is 0 Å². The summed E-state index contributed by atoms with van der Waals surface area (Å²) in [6.45, 7) is 4.17. The molecule has 0 bridgehead atoms. The highest BCUT2D eigenvalue weighted by atomic mass is 16.7. The predicted molar refractivity (Wildman–Crippen MR) is 203 cm³/mol. The van der Waals surface area contributed by atoms with Crippen LogP contribution in [0.15, 0.2) is 121 Å². The fourth-order valence-corrected chi connectivity index (χ4v) is 7.54. The topological polar surface area (TPSA) is 126 Å². The summed E-state index contributed by atoms with van der Waals surface area (Å²) in [5, 5.41) is 20.7. The quantitative estimate of drug-likeness (QED) is 0.0929. The van der Waals surface area contributed by atoms with Gasteiger partial charge >= 0.3 is 0 Å². The number of nitro groups is 1. The maximum absolute atomic E-state index is 13.0. The molecule has 2 saturated heterocycles. The van der Waals surface area contributed by atoms with Crippen LogP contribution in [0.25, 0.3) is 11.1 Å². The van der Waals surface area contributed by atoms with Gasteiger partial charge in [0, 0.05) is 62.5 Å². The van der Waals surface area contributed by atoms with Crippen LogP contribution in [0.2, 0.25) is 0 Å². The fourth-order valence-electron chi connectivity index (χ4n) is 7.54. The molecule has 2 fully saturated rings. The number of nitrogens with zero attached hydrogens (tertiary/aromatic N) is 4. The molecule has 11 nitrogen and oxygen atoms in total. The van der Waals surface area contributed by atoms with E-state index in [1.807, 2.05) is 84.9 Å². The highest BCUT2D eigenvalue weighted by Gasteiger charge is 2.36. The van der Waals surface area contributed by atoms with E-state index >= 15 is 0 Å². The van der Waals surface area contributed by atoms with Gasteiger partial charge in [0.15, 0.2) is 6.29 Å². The summed E-state index contributed by atoms with van der Waals surface area (Å²) in [6, 6.07) is 37.5. The number of aliphatic hydroxyl groups excluding tert-OH is 1. The minimum absolute atomic E-state index is 0.0238. The van der Waals surface area contributed by atoms with E-state index in [0.717, 1.165) is 71.8 Å². The third-order valence-electron chi connectivity index (χ3n) is 10.5. The number of carbonyl (C=O) groups is 2. The molecule has 5 aromatic carbocycles. The molecule has 3 aliphatic heterocycles. The van der Waals surface area contributed by atoms with Crippen LogP contribution in [-0.2, 0) is 22.6 Å². The van der Waals surface area contributed by atoms with Crippen molar-refractivity contribution in [2.45, 2.75) is 38.1 Å². The van der Waals surface area contributed by atoms with Crippen molar-refractivity contribution in [3.8, 4) is 11.1 Å². The number of benzene rings is 5. The number of ether oxygens (including phenoxy) is 2. The van der Waals surface area contributed by atoms with Gasteiger partial charge in [0.2, 0.25) is 0 Å². The molecule has 274 valence electrons. The molecular weight excluding hydrogens is 684 g/mol. The molecule has 0 aromatic heterocycles. The van der Waals surface area contributed by atoms with Crippen LogP contribution in [0.4, 0.5) is 11.4 Å². The van der Waals surface area contributed by atoms with Crippen molar-refractivity contribution in [1.82, 2.24) is 9.80 Å². The molecule has 54 heavy (non-hydrogen) atoms. The maximum atomic E-state index is 13.0. The molecule has 0 saturated carbocycles. The first-order chi connectivity index (χ1) is 26.3. The van der Waals surface area contributed by atoms with Crippen LogP contribution in [-0.4, -0.2) is 70.5 Å². The standard InChI is InChI=1S/C43H40N4O7/c48-28-29-8-10-32(11-9-29)40-25-37(27-44-20-22-45(23-21-44)35-16-18-36(19-17-35)47(51)52)53-43(54-40)33-14-12-31(13-15-33)34-5-3-4-30(24-34)26-46-41(49)38-6-1-2-7-39(38)42(46)50/h1-19,24,37,40,43,48H,20-23,25-28H2/t37-,40+,43+/m0/s1. The second-order valence-corrected chi connectivity index (χ2v) is 14.0. The number of amides is 2. The molecule has 3 heterocycles. The third kappa shape index (κ3) is 7.39. The van der Waals surface area contributed by atoms with E-state index in [-0.39, 0.29) is 47.8 Å². The van der Waals surface area contributed by atoms with Gasteiger partial charge in [-0.3, -0.25) is 29.5 Å². The van der Waals surface area contributed by atoms with Crippen molar-refractivity contribution in [2.24, 2.45) is 0 Å². The molecule has 0 unspecified atom stereocenters. The van der Waals surface area contributed by atoms with Gasteiger partial charge in [-0.25, -0.2) is 0 Å². The highest BCUT2D eigenvalue weighted by molar-refractivity contribution is 6.21. The van der Waals surface area contributed by atoms with Crippen LogP contribution < -0.4 is 4.90 Å². The average molecular weight is 725 g/mol. The molecule has 0 spiro atoms. The van der Waals surface area contributed by atoms with Crippen LogP contribution >= 0.6 is 0 Å². The number of imide groups is 1. The van der Waals surface area contributed by atoms with Crippen LogP contribution in [0.3, 0.4) is 0 Å². The summed E-state index contributed by atoms with van der Waals surface area (Å²) >= 11 is 0. The zero-order valence-corrected chi connectivity index (χ0v) is 29.6. The number of nitro benzene ring substituents is 1. The third-order valence-corrected chi connectivity index (χ3v) is 10.5. The first-order valence-corrected chi connectivity index (χ1v) is 18.2. The van der Waals surface area contributed by atoms with E-state index < -0.39 is 6.29 Å². The molecule has 3 aliphatic rings. The molecule has 2 amide bonds. The number of rotatable bonds is 10. The van der Waals surface area contributed by atoms with Gasteiger partial charge in [-0.2, -0.15) is 0 Å². The van der Waals surface area contributed by atoms with Crippen LogP contribution in [0.1, 0.15) is 61.8 Å². The van der Waals surface area contributed by atoms with E-state index in [1.54, 1.807) is 36.4 Å². The number of hydrogen-bond acceptors (Lipinski definition) is 9. The molecule has 5 aromatic rings. The lowest BCUT2D eigenvalue weighted by atomic mass is 9.98. The summed E-state index contributed by atoms with van der Waals surface area (Å²) in [5.41, 5.74) is 7.52. The summed E-state index contributed by atoms with van der Waals surface area (Å²) < 4.78 is 13.3. The Labute approximate surface area is 313 Å².